The summed E-state index contributed by atoms with van der Waals surface area (Å²) in [6.45, 7) is 5.76. The Bertz CT molecular complexity index is 477. The number of carboxylic acids is 1. The quantitative estimate of drug-likeness (QED) is 0.892. The Labute approximate surface area is 107 Å². The third-order valence-electron chi connectivity index (χ3n) is 3.43. The van der Waals surface area contributed by atoms with Crippen molar-refractivity contribution < 1.29 is 19.4 Å². The lowest BCUT2D eigenvalue weighted by atomic mass is 9.85. The molecule has 0 amide bonds. The van der Waals surface area contributed by atoms with E-state index in [0.717, 1.165) is 29.0 Å². The Kier molecular flexibility index (Phi) is 3.20. The summed E-state index contributed by atoms with van der Waals surface area (Å²) >= 11 is 0. The smallest absolute Gasteiger partial charge is 0.309 e. The van der Waals surface area contributed by atoms with Crippen molar-refractivity contribution in [3.63, 3.8) is 0 Å². The molecule has 0 fully saturated rings. The first-order chi connectivity index (χ1) is 8.40. The van der Waals surface area contributed by atoms with E-state index in [1.165, 1.54) is 0 Å². The zero-order chi connectivity index (χ0) is 13.3. The fraction of sp³-hybridized carbons (Fsp3) is 0.500. The van der Waals surface area contributed by atoms with Crippen LogP contribution in [0.2, 0.25) is 0 Å². The number of benzene rings is 1. The molecule has 1 aliphatic heterocycles. The molecule has 18 heavy (non-hydrogen) atoms. The minimum Gasteiger partial charge on any atom is -0.481 e. The monoisotopic (exact) mass is 250 g/mol. The molecule has 0 bridgehead atoms. The number of aliphatic carboxylic acids is 1. The first-order valence-corrected chi connectivity index (χ1v) is 6.03. The molecule has 1 aromatic rings. The van der Waals surface area contributed by atoms with Crippen molar-refractivity contribution in [2.45, 2.75) is 33.6 Å². The van der Waals surface area contributed by atoms with E-state index in [-0.39, 0.29) is 6.79 Å². The van der Waals surface area contributed by atoms with Crippen LogP contribution >= 0.6 is 0 Å². The van der Waals surface area contributed by atoms with E-state index in [1.807, 2.05) is 19.1 Å². The van der Waals surface area contributed by atoms with Crippen LogP contribution in [0.1, 0.15) is 31.4 Å². The first kappa shape index (κ1) is 12.7. The van der Waals surface area contributed by atoms with Crippen LogP contribution in [-0.2, 0) is 11.2 Å². The van der Waals surface area contributed by atoms with Crippen LogP contribution in [0.15, 0.2) is 12.1 Å². The van der Waals surface area contributed by atoms with Crippen molar-refractivity contribution in [2.75, 3.05) is 6.79 Å². The second-order valence-corrected chi connectivity index (χ2v) is 5.32. The van der Waals surface area contributed by atoms with Gasteiger partial charge >= 0.3 is 5.97 Å². The molecule has 4 nitrogen and oxygen atoms in total. The molecular weight excluding hydrogens is 232 g/mol. The van der Waals surface area contributed by atoms with Crippen molar-refractivity contribution in [3.8, 4) is 11.5 Å². The molecule has 0 aliphatic carbocycles. The van der Waals surface area contributed by atoms with E-state index in [0.29, 0.717) is 6.42 Å². The highest BCUT2D eigenvalue weighted by Gasteiger charge is 2.27. The van der Waals surface area contributed by atoms with Crippen molar-refractivity contribution >= 4 is 5.97 Å². The van der Waals surface area contributed by atoms with Crippen molar-refractivity contribution in [1.29, 1.82) is 0 Å². The Morgan fingerprint density at radius 2 is 1.94 bits per heavy atom. The summed E-state index contributed by atoms with van der Waals surface area (Å²) in [6, 6.07) is 3.90. The number of rotatable bonds is 4. The summed E-state index contributed by atoms with van der Waals surface area (Å²) in [4.78, 5) is 11.1. The van der Waals surface area contributed by atoms with Gasteiger partial charge in [0.25, 0.3) is 0 Å². The molecule has 0 unspecified atom stereocenters. The molecule has 0 atom stereocenters. The fourth-order valence-electron chi connectivity index (χ4n) is 1.91. The summed E-state index contributed by atoms with van der Waals surface area (Å²) in [7, 11) is 0. The van der Waals surface area contributed by atoms with E-state index in [9.17, 15) is 4.79 Å². The largest absolute Gasteiger partial charge is 0.481 e. The predicted octanol–water partition coefficient (Wildman–Crippen LogP) is 2.77. The Hall–Kier alpha value is -1.71. The van der Waals surface area contributed by atoms with Gasteiger partial charge in [0.1, 0.15) is 0 Å². The molecule has 0 aromatic heterocycles. The Morgan fingerprint density at radius 3 is 2.56 bits per heavy atom. The van der Waals surface area contributed by atoms with Gasteiger partial charge in [-0.2, -0.15) is 0 Å². The van der Waals surface area contributed by atoms with Crippen molar-refractivity contribution in [2.24, 2.45) is 5.41 Å². The molecule has 98 valence electrons. The summed E-state index contributed by atoms with van der Waals surface area (Å²) in [5.74, 6) is 0.762. The highest BCUT2D eigenvalue weighted by molar-refractivity contribution is 5.73. The van der Waals surface area contributed by atoms with Crippen LogP contribution in [-0.4, -0.2) is 17.9 Å². The maximum absolute atomic E-state index is 11.1. The normalized spacial score (nSPS) is 13.7. The maximum Gasteiger partial charge on any atom is 0.309 e. The first-order valence-electron chi connectivity index (χ1n) is 6.03. The van der Waals surface area contributed by atoms with Gasteiger partial charge < -0.3 is 14.6 Å². The zero-order valence-corrected chi connectivity index (χ0v) is 10.9. The lowest BCUT2D eigenvalue weighted by Gasteiger charge is -2.19. The van der Waals surface area contributed by atoms with E-state index >= 15 is 0 Å². The molecule has 1 aromatic carbocycles. The van der Waals surface area contributed by atoms with E-state index in [2.05, 4.69) is 0 Å². The van der Waals surface area contributed by atoms with Gasteiger partial charge in [0.15, 0.2) is 11.5 Å². The van der Waals surface area contributed by atoms with Crippen LogP contribution < -0.4 is 9.47 Å². The number of fused-ring (bicyclic) bond motifs is 1. The van der Waals surface area contributed by atoms with Gasteiger partial charge in [0.05, 0.1) is 5.41 Å². The molecule has 1 heterocycles. The van der Waals surface area contributed by atoms with Crippen LogP contribution in [0.5, 0.6) is 11.5 Å². The van der Waals surface area contributed by atoms with E-state index in [1.54, 1.807) is 13.8 Å². The lowest BCUT2D eigenvalue weighted by molar-refractivity contribution is -0.147. The van der Waals surface area contributed by atoms with Gasteiger partial charge in [0.2, 0.25) is 6.79 Å². The van der Waals surface area contributed by atoms with Crippen LogP contribution in [0.3, 0.4) is 0 Å². The van der Waals surface area contributed by atoms with Crippen molar-refractivity contribution in [3.05, 3.63) is 23.3 Å². The van der Waals surface area contributed by atoms with Gasteiger partial charge in [-0.1, -0.05) is 0 Å². The SMILES string of the molecule is Cc1cc2c(cc1CCC(C)(C)C(=O)O)OCO2. The predicted molar refractivity (Wildman–Crippen MR) is 67.0 cm³/mol. The lowest BCUT2D eigenvalue weighted by Crippen LogP contribution is -2.24. The molecular formula is C14H18O4. The third-order valence-corrected chi connectivity index (χ3v) is 3.43. The molecule has 0 saturated carbocycles. The van der Waals surface area contributed by atoms with Gasteiger partial charge in [-0.25, -0.2) is 0 Å². The molecule has 2 rings (SSSR count). The summed E-state index contributed by atoms with van der Waals surface area (Å²) in [5, 5.41) is 9.10. The number of ether oxygens (including phenoxy) is 2. The minimum atomic E-state index is -0.763. The second-order valence-electron chi connectivity index (χ2n) is 5.32. The van der Waals surface area contributed by atoms with Gasteiger partial charge in [-0.05, 0) is 56.9 Å². The standard InChI is InChI=1S/C14H18O4/c1-9-6-11-12(18-8-17-11)7-10(9)4-5-14(2,3)13(15)16/h6-7H,4-5,8H2,1-3H3,(H,15,16). The van der Waals surface area contributed by atoms with Gasteiger partial charge in [-0.15, -0.1) is 0 Å². The Balaban J connectivity index is 2.13. The highest BCUT2D eigenvalue weighted by Crippen LogP contribution is 2.35. The summed E-state index contributed by atoms with van der Waals surface area (Å²) in [6.07, 6.45) is 1.32. The average molecular weight is 250 g/mol. The van der Waals surface area contributed by atoms with Gasteiger partial charge in [0, 0.05) is 0 Å². The number of hydrogen-bond acceptors (Lipinski definition) is 3. The van der Waals surface area contributed by atoms with E-state index in [4.69, 9.17) is 14.6 Å². The molecule has 0 radical (unpaired) electrons. The summed E-state index contributed by atoms with van der Waals surface area (Å²) in [5.41, 5.74) is 1.53. The number of aryl methyl sites for hydroxylation is 2. The van der Waals surface area contributed by atoms with Crippen LogP contribution in [0, 0.1) is 12.3 Å². The van der Waals surface area contributed by atoms with Gasteiger partial charge in [-0.3, -0.25) is 4.79 Å². The average Bonchev–Trinajstić information content (AvgIpc) is 2.72. The van der Waals surface area contributed by atoms with Crippen molar-refractivity contribution in [1.82, 2.24) is 0 Å². The zero-order valence-electron chi connectivity index (χ0n) is 10.9. The highest BCUT2D eigenvalue weighted by atomic mass is 16.7. The molecule has 1 aliphatic rings. The van der Waals surface area contributed by atoms with Crippen LogP contribution in [0.25, 0.3) is 0 Å². The second kappa shape index (κ2) is 4.52. The summed E-state index contributed by atoms with van der Waals surface area (Å²) < 4.78 is 10.6. The Morgan fingerprint density at radius 1 is 1.33 bits per heavy atom. The fourth-order valence-corrected chi connectivity index (χ4v) is 1.91. The van der Waals surface area contributed by atoms with Crippen LogP contribution in [0.4, 0.5) is 0 Å². The molecule has 0 saturated heterocycles. The molecule has 0 spiro atoms. The number of hydrogen-bond donors (Lipinski definition) is 1. The third kappa shape index (κ3) is 2.42. The molecule has 4 heteroatoms. The minimum absolute atomic E-state index is 0.263. The number of carbonyl (C=O) groups is 1. The molecule has 1 N–H and O–H groups in total. The topological polar surface area (TPSA) is 55.8 Å². The maximum atomic E-state index is 11.1. The number of carboxylic acid groups (broad SMARTS) is 1. The van der Waals surface area contributed by atoms with E-state index < -0.39 is 11.4 Å².